The number of hydrogen-bond donors (Lipinski definition) is 3. The average Bonchev–Trinajstić information content (AvgIpc) is 3.39. The smallest absolute Gasteiger partial charge is 0.412 e. The number of amides is 2. The third-order valence-corrected chi connectivity index (χ3v) is 15.2. The lowest BCUT2D eigenvalue weighted by atomic mass is 9.55. The van der Waals surface area contributed by atoms with Crippen LogP contribution in [0.15, 0.2) is 90.1 Å². The highest BCUT2D eigenvalue weighted by Gasteiger charge is 2.65. The van der Waals surface area contributed by atoms with E-state index in [2.05, 4.69) is 31.8 Å². The maximum Gasteiger partial charge on any atom is 0.412 e. The van der Waals surface area contributed by atoms with Crippen LogP contribution in [0.2, 0.25) is 0 Å². The molecule has 2 fully saturated rings. The molecule has 2 aliphatic heterocycles. The van der Waals surface area contributed by atoms with Crippen molar-refractivity contribution in [2.75, 3.05) is 39.5 Å². The number of nitrogens with zero attached hydrogens (tertiary/aromatic N) is 2. The van der Waals surface area contributed by atoms with Gasteiger partial charge >= 0.3 is 6.09 Å². The number of unbranched alkanes of at least 4 members (excludes halogenated alkanes) is 11. The Kier molecular flexibility index (Phi) is 21.2. The van der Waals surface area contributed by atoms with E-state index in [1.54, 1.807) is 12.1 Å². The van der Waals surface area contributed by atoms with Crippen molar-refractivity contribution in [1.82, 2.24) is 10.2 Å². The Labute approximate surface area is 423 Å². The van der Waals surface area contributed by atoms with E-state index in [-0.39, 0.29) is 49.9 Å². The summed E-state index contributed by atoms with van der Waals surface area (Å²) in [6.07, 6.45) is 23.4. The van der Waals surface area contributed by atoms with Crippen LogP contribution in [0.1, 0.15) is 171 Å². The van der Waals surface area contributed by atoms with Gasteiger partial charge in [-0.05, 0) is 110 Å². The Balaban J connectivity index is 1.28. The van der Waals surface area contributed by atoms with E-state index in [1.165, 1.54) is 44.9 Å². The fourth-order valence-electron chi connectivity index (χ4n) is 11.7. The second-order valence-corrected chi connectivity index (χ2v) is 20.2. The monoisotopic (exact) mass is 978 g/mol. The van der Waals surface area contributed by atoms with Crippen molar-refractivity contribution in [3.63, 3.8) is 0 Å². The summed E-state index contributed by atoms with van der Waals surface area (Å²) in [6, 6.07) is 18.9. The number of rotatable bonds is 29. The number of oxime groups is 1. The average molecular weight is 978 g/mol. The molecule has 7 atom stereocenters. The van der Waals surface area contributed by atoms with E-state index in [9.17, 15) is 15.0 Å². The third-order valence-electron chi connectivity index (χ3n) is 15.2. The SMILES string of the molecule is C=CCO[C@@]12Oc3ccc(OC(=O)NCCCCCCCCCCCC)cc3[C@H]3[C@H](CCCCO)[C@@H](CCCCO)C=C(C(=NOC4CCCCO4)C[C@@H]1N(CCC)C(=O)c1ccc4ccccc4c1)[C@H]32. The number of nitrogens with one attached hydrogen (secondary N) is 1. The lowest BCUT2D eigenvalue weighted by molar-refractivity contribution is -0.254. The molecule has 3 aromatic rings. The Bertz CT molecular complexity index is 2220. The fourth-order valence-corrected chi connectivity index (χ4v) is 11.7. The molecule has 4 aliphatic rings. The second kappa shape index (κ2) is 27.9. The van der Waals surface area contributed by atoms with Gasteiger partial charge in [-0.1, -0.05) is 132 Å². The summed E-state index contributed by atoms with van der Waals surface area (Å²) in [5, 5.41) is 30.1. The Morgan fingerprint density at radius 1 is 0.859 bits per heavy atom. The zero-order chi connectivity index (χ0) is 49.8. The van der Waals surface area contributed by atoms with Crippen molar-refractivity contribution >= 4 is 28.5 Å². The van der Waals surface area contributed by atoms with E-state index in [4.69, 9.17) is 28.9 Å². The topological polar surface area (TPSA) is 148 Å². The van der Waals surface area contributed by atoms with Crippen LogP contribution in [0, 0.1) is 17.8 Å². The van der Waals surface area contributed by atoms with Crippen molar-refractivity contribution < 1.29 is 43.6 Å². The largest absolute Gasteiger partial charge is 0.459 e. The maximum absolute atomic E-state index is 15.3. The van der Waals surface area contributed by atoms with Gasteiger partial charge in [-0.15, -0.1) is 6.58 Å². The highest BCUT2D eigenvalue weighted by molar-refractivity contribution is 6.04. The minimum atomic E-state index is -1.42. The molecule has 1 unspecified atom stereocenters. The minimum absolute atomic E-state index is 0.0159. The summed E-state index contributed by atoms with van der Waals surface area (Å²) >= 11 is 0. The first kappa shape index (κ1) is 54.0. The highest BCUT2D eigenvalue weighted by Crippen LogP contribution is 2.62. The number of carbonyl (C=O) groups is 2. The summed E-state index contributed by atoms with van der Waals surface area (Å²) in [6.45, 7) is 10.3. The van der Waals surface area contributed by atoms with Crippen molar-refractivity contribution in [3.8, 4) is 11.5 Å². The number of allylic oxidation sites excluding steroid dienone is 1. The number of ether oxygens (including phenoxy) is 4. The highest BCUT2D eigenvalue weighted by atomic mass is 16.8. The van der Waals surface area contributed by atoms with E-state index < -0.39 is 30.1 Å². The van der Waals surface area contributed by atoms with Crippen molar-refractivity contribution in [2.24, 2.45) is 22.9 Å². The Morgan fingerprint density at radius 2 is 1.61 bits per heavy atom. The first-order valence-electron chi connectivity index (χ1n) is 27.5. The van der Waals surface area contributed by atoms with E-state index in [1.807, 2.05) is 59.5 Å². The van der Waals surface area contributed by atoms with Gasteiger partial charge in [0, 0.05) is 56.2 Å². The molecule has 12 heteroatoms. The normalized spacial score (nSPS) is 24.1. The molecule has 2 aliphatic carbocycles. The molecular weight excluding hydrogens is 895 g/mol. The molecule has 388 valence electrons. The van der Waals surface area contributed by atoms with Crippen LogP contribution < -0.4 is 14.8 Å². The summed E-state index contributed by atoms with van der Waals surface area (Å²) < 4.78 is 26.8. The Hall–Kier alpha value is -4.75. The molecule has 0 spiro atoms. The van der Waals surface area contributed by atoms with E-state index in [0.29, 0.717) is 56.0 Å². The van der Waals surface area contributed by atoms with Crippen molar-refractivity contribution in [2.45, 2.75) is 173 Å². The van der Waals surface area contributed by atoms with Gasteiger partial charge in [-0.3, -0.25) is 4.79 Å². The molecule has 0 aromatic heterocycles. The van der Waals surface area contributed by atoms with Crippen LogP contribution in [-0.4, -0.2) is 90.5 Å². The standard InChI is InChI=1S/C59H83N3O9/c1-4-7-8-9-10-11-12-13-14-20-33-60-58(66)69-47-31-32-52-50(41-47)55-48(27-18-22-36-64)45(26-17-21-35-63)40-49-51(61-71-54-28-19-23-38-67-54)42-53(59(70-52,56(49)55)68-37-6-3)62(34-5-2)57(65)46-30-29-43-24-15-16-25-44(43)39-46/h6,15-16,24-25,29-32,39-41,45,48,53-56,63-64H,3-5,7-14,17-23,26-28,33-38,42H2,1-2H3,(H,60,66)/t45-,48+,53-,54?,55+,56+,59+/m0/s1. The predicted molar refractivity (Wildman–Crippen MR) is 281 cm³/mol. The minimum Gasteiger partial charge on any atom is -0.459 e. The van der Waals surface area contributed by atoms with Gasteiger partial charge in [0.05, 0.1) is 24.8 Å². The number of carbonyl (C=O) groups excluding carboxylic acids is 2. The number of fused-ring (bicyclic) bond motifs is 3. The van der Waals surface area contributed by atoms with Gasteiger partial charge < -0.3 is 44.2 Å². The van der Waals surface area contributed by atoms with Crippen LogP contribution in [0.4, 0.5) is 4.79 Å². The molecule has 1 saturated heterocycles. The molecule has 2 amide bonds. The molecule has 0 bridgehead atoms. The number of aliphatic hydroxyl groups excluding tert-OH is 2. The van der Waals surface area contributed by atoms with Gasteiger partial charge in [0.25, 0.3) is 5.91 Å². The van der Waals surface area contributed by atoms with E-state index in [0.717, 1.165) is 91.8 Å². The molecular formula is C59H83N3O9. The Morgan fingerprint density at radius 3 is 2.32 bits per heavy atom. The molecule has 0 radical (unpaired) electrons. The maximum atomic E-state index is 15.3. The van der Waals surface area contributed by atoms with Crippen LogP contribution in [0.3, 0.4) is 0 Å². The lowest BCUT2D eigenvalue weighted by Crippen LogP contribution is -2.70. The summed E-state index contributed by atoms with van der Waals surface area (Å²) in [4.78, 5) is 37.1. The summed E-state index contributed by atoms with van der Waals surface area (Å²) in [7, 11) is 0. The quantitative estimate of drug-likeness (QED) is 0.0351. The predicted octanol–water partition coefficient (Wildman–Crippen LogP) is 12.6. The first-order valence-corrected chi connectivity index (χ1v) is 27.5. The lowest BCUT2D eigenvalue weighted by Gasteiger charge is -2.60. The molecule has 3 N–H and O–H groups in total. The van der Waals surface area contributed by atoms with Crippen molar-refractivity contribution in [3.05, 3.63) is 96.1 Å². The van der Waals surface area contributed by atoms with Crippen molar-refractivity contribution in [1.29, 1.82) is 0 Å². The molecule has 7 rings (SSSR count). The zero-order valence-electron chi connectivity index (χ0n) is 42.8. The molecule has 12 nitrogen and oxygen atoms in total. The zero-order valence-corrected chi connectivity index (χ0v) is 42.8. The number of benzene rings is 3. The fraction of sp³-hybridized carbons (Fsp3) is 0.610. The van der Waals surface area contributed by atoms with Crippen LogP contribution in [0.25, 0.3) is 10.8 Å². The van der Waals surface area contributed by atoms with Gasteiger partial charge in [-0.25, -0.2) is 4.79 Å². The third kappa shape index (κ3) is 13.9. The molecule has 3 aromatic carbocycles. The second-order valence-electron chi connectivity index (χ2n) is 20.2. The summed E-state index contributed by atoms with van der Waals surface area (Å²) in [5.41, 5.74) is 3.12. The van der Waals surface area contributed by atoms with E-state index >= 15 is 4.79 Å². The molecule has 71 heavy (non-hydrogen) atoms. The van der Waals surface area contributed by atoms with Gasteiger partial charge in [0.1, 0.15) is 17.5 Å². The number of aliphatic hydroxyl groups is 2. The number of hydrogen-bond acceptors (Lipinski definition) is 10. The van der Waals surface area contributed by atoms with Crippen LogP contribution >= 0.6 is 0 Å². The van der Waals surface area contributed by atoms with Gasteiger partial charge in [0.15, 0.2) is 0 Å². The van der Waals surface area contributed by atoms with Gasteiger partial charge in [0.2, 0.25) is 12.1 Å². The summed E-state index contributed by atoms with van der Waals surface area (Å²) in [5.74, 6) is -1.24. The molecule has 1 saturated carbocycles. The van der Waals surface area contributed by atoms with Gasteiger partial charge in [-0.2, -0.15) is 0 Å². The van der Waals surface area contributed by atoms with Crippen LogP contribution in [0.5, 0.6) is 11.5 Å². The van der Waals surface area contributed by atoms with Crippen LogP contribution in [-0.2, 0) is 14.3 Å². The first-order chi connectivity index (χ1) is 34.8. The molecule has 2 heterocycles.